The Labute approximate surface area is 209 Å². The number of hydrogen-bond donors (Lipinski definition) is 2. The zero-order chi connectivity index (χ0) is 26.1. The second kappa shape index (κ2) is 10.1. The van der Waals surface area contributed by atoms with Gasteiger partial charge in [0.15, 0.2) is 5.65 Å². The fraction of sp³-hybridized carbons (Fsp3) is 0.565. The lowest BCUT2D eigenvalue weighted by atomic mass is 10.0. The van der Waals surface area contributed by atoms with Gasteiger partial charge in [0.2, 0.25) is 5.88 Å². The van der Waals surface area contributed by atoms with Gasteiger partial charge < -0.3 is 14.2 Å². The monoisotopic (exact) mass is 521 g/mol. The van der Waals surface area contributed by atoms with Crippen LogP contribution in [0.1, 0.15) is 58.4 Å². The Morgan fingerprint density at radius 3 is 2.69 bits per heavy atom. The van der Waals surface area contributed by atoms with Crippen molar-refractivity contribution in [3.8, 4) is 5.88 Å². The van der Waals surface area contributed by atoms with Crippen LogP contribution in [0.15, 0.2) is 18.3 Å². The third kappa shape index (κ3) is 5.95. The maximum atomic E-state index is 12.9. The van der Waals surface area contributed by atoms with E-state index in [0.29, 0.717) is 54.7 Å². The van der Waals surface area contributed by atoms with Crippen LogP contribution in [0.5, 0.6) is 5.88 Å². The first-order valence-electron chi connectivity index (χ1n) is 11.8. The van der Waals surface area contributed by atoms with Gasteiger partial charge in [0.1, 0.15) is 12.2 Å². The molecule has 0 radical (unpaired) electrons. The number of fused-ring (bicyclic) bond motifs is 3. The van der Waals surface area contributed by atoms with E-state index >= 15 is 0 Å². The quantitative estimate of drug-likeness (QED) is 0.566. The van der Waals surface area contributed by atoms with Crippen LogP contribution < -0.4 is 19.1 Å². The molecule has 0 bridgehead atoms. The maximum Gasteiger partial charge on any atom is 0.422 e. The van der Waals surface area contributed by atoms with Crippen LogP contribution in [-0.4, -0.2) is 55.4 Å². The first-order valence-corrected chi connectivity index (χ1v) is 13.3. The molecule has 2 aliphatic rings. The lowest BCUT2D eigenvalue weighted by Gasteiger charge is -2.35. The zero-order valence-electron chi connectivity index (χ0n) is 20.7. The zero-order valence-corrected chi connectivity index (χ0v) is 21.6. The summed E-state index contributed by atoms with van der Waals surface area (Å²) in [6.07, 6.45) is 3.02. The van der Waals surface area contributed by atoms with E-state index in [-0.39, 0.29) is 12.6 Å². The highest BCUT2D eigenvalue weighted by molar-refractivity contribution is 7.88. The van der Waals surface area contributed by atoms with Crippen LogP contribution in [0.25, 0.3) is 11.0 Å². The van der Waals surface area contributed by atoms with Crippen LogP contribution in [0.2, 0.25) is 0 Å². The number of anilines is 1. The van der Waals surface area contributed by atoms with Gasteiger partial charge in [0.05, 0.1) is 12.8 Å². The van der Waals surface area contributed by atoms with E-state index in [9.17, 15) is 18.0 Å². The average molecular weight is 522 g/mol. The third-order valence-electron chi connectivity index (χ3n) is 5.99. The molecule has 2 N–H and O–H groups in total. The number of aromatic nitrogens is 2. The van der Waals surface area contributed by atoms with Gasteiger partial charge in [-0.25, -0.2) is 19.3 Å². The highest BCUT2D eigenvalue weighted by atomic mass is 32.2. The molecule has 2 unspecified atom stereocenters. The molecule has 0 aromatic carbocycles. The number of nitrogens with one attached hydrogen (secondary N) is 2. The standard InChI is InChI=1S/C23H31N5O7S/c1-23(2,3)35-21(29)27-36(31,32)26-15-6-5-7-16(9-8-15)28-19-14(13-34-22(28)30)12-24-20-17(19)10-11-18(25-20)33-4/h10-12,15-16,26H,5-9,13H2,1-4H3,(H,27,29). The van der Waals surface area contributed by atoms with Crippen LogP contribution >= 0.6 is 0 Å². The van der Waals surface area contributed by atoms with Gasteiger partial charge in [-0.1, -0.05) is 0 Å². The molecule has 2 atom stereocenters. The summed E-state index contributed by atoms with van der Waals surface area (Å²) >= 11 is 0. The Hall–Kier alpha value is -3.19. The number of carbonyl (C=O) groups is 2. The van der Waals surface area contributed by atoms with Gasteiger partial charge in [-0.2, -0.15) is 18.1 Å². The number of rotatable bonds is 5. The predicted octanol–water partition coefficient (Wildman–Crippen LogP) is 3.16. The molecular weight excluding hydrogens is 490 g/mol. The molecule has 2 aromatic heterocycles. The topological polar surface area (TPSA) is 149 Å². The largest absolute Gasteiger partial charge is 0.481 e. The van der Waals surface area contributed by atoms with E-state index < -0.39 is 34.0 Å². The van der Waals surface area contributed by atoms with Crippen molar-refractivity contribution in [2.24, 2.45) is 0 Å². The minimum Gasteiger partial charge on any atom is -0.481 e. The second-order valence-electron chi connectivity index (χ2n) is 9.87. The minimum absolute atomic E-state index is 0.116. The Bertz CT molecular complexity index is 1260. The molecule has 12 nitrogen and oxygen atoms in total. The first-order chi connectivity index (χ1) is 17.0. The summed E-state index contributed by atoms with van der Waals surface area (Å²) in [4.78, 5) is 35.3. The molecule has 4 rings (SSSR count). The Morgan fingerprint density at radius 2 is 1.97 bits per heavy atom. The highest BCUT2D eigenvalue weighted by Crippen LogP contribution is 2.38. The SMILES string of the molecule is COc1ccc2c3c(cnc2n1)COC(=O)N3C1CCCC(NS(=O)(=O)NC(=O)OC(C)(C)C)CC1. The number of methoxy groups -OCH3 is 1. The van der Waals surface area contributed by atoms with Crippen LogP contribution in [-0.2, 0) is 26.3 Å². The molecule has 0 spiro atoms. The fourth-order valence-corrected chi connectivity index (χ4v) is 5.53. The van der Waals surface area contributed by atoms with E-state index in [4.69, 9.17) is 14.2 Å². The van der Waals surface area contributed by atoms with E-state index in [0.717, 1.165) is 5.56 Å². The molecule has 1 fully saturated rings. The molecule has 36 heavy (non-hydrogen) atoms. The molecule has 1 saturated carbocycles. The lowest BCUT2D eigenvalue weighted by molar-refractivity contribution is 0.0569. The van der Waals surface area contributed by atoms with Crippen molar-refractivity contribution < 1.29 is 32.2 Å². The predicted molar refractivity (Wildman–Crippen MR) is 131 cm³/mol. The van der Waals surface area contributed by atoms with Crippen molar-refractivity contribution >= 4 is 39.1 Å². The summed E-state index contributed by atoms with van der Waals surface area (Å²) in [5.74, 6) is 0.421. The third-order valence-corrected chi connectivity index (χ3v) is 7.07. The fourth-order valence-electron chi connectivity index (χ4n) is 4.54. The molecule has 2 amide bonds. The van der Waals surface area contributed by atoms with E-state index in [1.54, 1.807) is 37.9 Å². The normalized spacial score (nSPS) is 20.8. The number of ether oxygens (including phenoxy) is 3. The van der Waals surface area contributed by atoms with Crippen LogP contribution in [0.4, 0.5) is 15.3 Å². The van der Waals surface area contributed by atoms with Gasteiger partial charge in [0.25, 0.3) is 0 Å². The van der Waals surface area contributed by atoms with Crippen molar-refractivity contribution in [1.82, 2.24) is 19.4 Å². The van der Waals surface area contributed by atoms with Gasteiger partial charge in [-0.05, 0) is 58.9 Å². The number of pyridine rings is 2. The molecule has 1 aliphatic carbocycles. The Kier molecular flexibility index (Phi) is 7.23. The summed E-state index contributed by atoms with van der Waals surface area (Å²) in [5.41, 5.74) is 1.12. The number of carbonyl (C=O) groups excluding carboxylic acids is 2. The number of cyclic esters (lactones) is 1. The van der Waals surface area contributed by atoms with E-state index in [1.807, 2.05) is 10.8 Å². The van der Waals surface area contributed by atoms with Crippen molar-refractivity contribution in [2.45, 2.75) is 77.2 Å². The molecule has 196 valence electrons. The Balaban J connectivity index is 1.50. The molecular formula is C23H31N5O7S. The summed E-state index contributed by atoms with van der Waals surface area (Å²) < 4.78 is 45.0. The van der Waals surface area contributed by atoms with Crippen molar-refractivity contribution in [1.29, 1.82) is 0 Å². The Morgan fingerprint density at radius 1 is 1.19 bits per heavy atom. The van der Waals surface area contributed by atoms with Crippen LogP contribution in [0.3, 0.4) is 0 Å². The second-order valence-corrected chi connectivity index (χ2v) is 11.3. The van der Waals surface area contributed by atoms with Gasteiger partial charge in [-0.3, -0.25) is 4.90 Å². The number of amides is 2. The molecule has 0 saturated heterocycles. The average Bonchev–Trinajstić information content (AvgIpc) is 3.01. The number of nitrogens with zero attached hydrogens (tertiary/aromatic N) is 3. The van der Waals surface area contributed by atoms with Gasteiger partial charge in [-0.15, -0.1) is 0 Å². The van der Waals surface area contributed by atoms with Gasteiger partial charge >= 0.3 is 22.4 Å². The van der Waals surface area contributed by atoms with Crippen molar-refractivity contribution in [3.05, 3.63) is 23.9 Å². The molecule has 2 aromatic rings. The minimum atomic E-state index is -4.11. The smallest absolute Gasteiger partial charge is 0.422 e. The molecule has 1 aliphatic heterocycles. The highest BCUT2D eigenvalue weighted by Gasteiger charge is 2.36. The van der Waals surface area contributed by atoms with Crippen LogP contribution in [0, 0.1) is 0 Å². The van der Waals surface area contributed by atoms with E-state index in [2.05, 4.69) is 14.7 Å². The molecule has 13 heteroatoms. The summed E-state index contributed by atoms with van der Waals surface area (Å²) in [6.45, 7) is 5.06. The summed E-state index contributed by atoms with van der Waals surface area (Å²) in [7, 11) is -2.59. The lowest BCUT2D eigenvalue weighted by Crippen LogP contribution is -2.47. The number of hydrogen-bond acceptors (Lipinski definition) is 9. The van der Waals surface area contributed by atoms with Crippen molar-refractivity contribution in [3.63, 3.8) is 0 Å². The van der Waals surface area contributed by atoms with E-state index in [1.165, 1.54) is 7.11 Å². The first kappa shape index (κ1) is 25.9. The summed E-state index contributed by atoms with van der Waals surface area (Å²) in [5, 5.41) is 0.716. The molecule has 3 heterocycles. The van der Waals surface area contributed by atoms with Gasteiger partial charge in [0, 0.05) is 35.3 Å². The van der Waals surface area contributed by atoms with Crippen molar-refractivity contribution in [2.75, 3.05) is 12.0 Å². The maximum absolute atomic E-state index is 12.9. The summed E-state index contributed by atoms with van der Waals surface area (Å²) in [6, 6.07) is 2.93.